The van der Waals surface area contributed by atoms with Crippen LogP contribution >= 0.6 is 0 Å². The molecule has 0 bridgehead atoms. The third kappa shape index (κ3) is 4.19. The third-order valence-corrected chi connectivity index (χ3v) is 7.52. The molecule has 1 atom stereocenters. The van der Waals surface area contributed by atoms with Crippen LogP contribution in [0.15, 0.2) is 79.1 Å². The van der Waals surface area contributed by atoms with Gasteiger partial charge in [0.1, 0.15) is 12.1 Å². The number of hydrogen-bond donors (Lipinski definition) is 0. The standard InChI is InChI=1S/C32H28N6O4/c1-19-27-28(21-11-13-23(39-2)14-12-21)29-30-34-26(17-20-10-15-24(40-3)25(16-20)41-4)36-37(30)18-33-31(29)42-32(27)38(35-19)22-8-6-5-7-9-22/h5-16,18,28H,17H2,1-4H3. The summed E-state index contributed by atoms with van der Waals surface area (Å²) in [7, 11) is 4.90. The second-order valence-electron chi connectivity index (χ2n) is 9.99. The zero-order valence-corrected chi connectivity index (χ0v) is 23.6. The summed E-state index contributed by atoms with van der Waals surface area (Å²) >= 11 is 0. The number of hydrogen-bond acceptors (Lipinski definition) is 8. The Hall–Kier alpha value is -5.38. The molecule has 10 nitrogen and oxygen atoms in total. The molecule has 0 radical (unpaired) electrons. The van der Waals surface area contributed by atoms with E-state index < -0.39 is 0 Å². The van der Waals surface area contributed by atoms with Crippen LogP contribution in [-0.4, -0.2) is 50.7 Å². The van der Waals surface area contributed by atoms with Crippen LogP contribution in [0.4, 0.5) is 0 Å². The number of fused-ring (bicyclic) bond motifs is 4. The van der Waals surface area contributed by atoms with Gasteiger partial charge >= 0.3 is 0 Å². The molecule has 3 aromatic carbocycles. The zero-order valence-electron chi connectivity index (χ0n) is 23.6. The first kappa shape index (κ1) is 25.6. The lowest BCUT2D eigenvalue weighted by molar-refractivity contribution is 0.354. The molecule has 0 amide bonds. The van der Waals surface area contributed by atoms with Crippen molar-refractivity contribution in [2.45, 2.75) is 19.3 Å². The third-order valence-electron chi connectivity index (χ3n) is 7.52. The van der Waals surface area contributed by atoms with Gasteiger partial charge in [-0.05, 0) is 54.4 Å². The lowest BCUT2D eigenvalue weighted by atomic mass is 9.84. The van der Waals surface area contributed by atoms with Crippen molar-refractivity contribution in [3.8, 4) is 34.7 Å². The largest absolute Gasteiger partial charge is 0.497 e. The van der Waals surface area contributed by atoms with E-state index in [0.29, 0.717) is 41.2 Å². The Kier molecular flexibility index (Phi) is 6.23. The first-order valence-corrected chi connectivity index (χ1v) is 13.5. The van der Waals surface area contributed by atoms with Gasteiger partial charge in [0.25, 0.3) is 0 Å². The van der Waals surface area contributed by atoms with Crippen molar-refractivity contribution in [3.63, 3.8) is 0 Å². The molecule has 10 heteroatoms. The zero-order chi connectivity index (χ0) is 28.8. The summed E-state index contributed by atoms with van der Waals surface area (Å²) in [6.07, 6.45) is 2.15. The smallest absolute Gasteiger partial charge is 0.230 e. The van der Waals surface area contributed by atoms with E-state index in [9.17, 15) is 0 Å². The van der Waals surface area contributed by atoms with E-state index in [0.717, 1.165) is 39.4 Å². The van der Waals surface area contributed by atoms with E-state index >= 15 is 0 Å². The maximum absolute atomic E-state index is 6.53. The number of ether oxygens (including phenoxy) is 4. The molecule has 1 unspecified atom stereocenters. The molecule has 0 N–H and O–H groups in total. The van der Waals surface area contributed by atoms with E-state index in [1.54, 1.807) is 32.2 Å². The van der Waals surface area contributed by atoms with Gasteiger partial charge in [0.05, 0.1) is 49.8 Å². The van der Waals surface area contributed by atoms with Crippen LogP contribution in [0.2, 0.25) is 0 Å². The van der Waals surface area contributed by atoms with Crippen molar-refractivity contribution in [1.29, 1.82) is 0 Å². The highest BCUT2D eigenvalue weighted by Crippen LogP contribution is 2.49. The molecule has 1 aliphatic heterocycles. The van der Waals surface area contributed by atoms with E-state index in [1.165, 1.54) is 0 Å². The van der Waals surface area contributed by atoms with Gasteiger partial charge in [-0.2, -0.15) is 5.10 Å². The van der Waals surface area contributed by atoms with Gasteiger partial charge in [0, 0.05) is 6.42 Å². The predicted octanol–water partition coefficient (Wildman–Crippen LogP) is 5.52. The molecule has 0 saturated heterocycles. The molecular weight excluding hydrogens is 532 g/mol. The number of aryl methyl sites for hydroxylation is 1. The first-order valence-electron chi connectivity index (χ1n) is 13.5. The fourth-order valence-corrected chi connectivity index (χ4v) is 5.54. The van der Waals surface area contributed by atoms with Crippen molar-refractivity contribution < 1.29 is 18.9 Å². The average Bonchev–Trinajstić information content (AvgIpc) is 3.60. The van der Waals surface area contributed by atoms with Crippen LogP contribution in [0.25, 0.3) is 11.3 Å². The van der Waals surface area contributed by atoms with Crippen LogP contribution < -0.4 is 18.9 Å². The number of aromatic nitrogens is 6. The Labute approximate surface area is 242 Å². The minimum atomic E-state index is -0.249. The van der Waals surface area contributed by atoms with Crippen LogP contribution in [0, 0.1) is 6.92 Å². The molecule has 1 aliphatic rings. The topological polar surface area (TPSA) is 97.8 Å². The molecule has 0 saturated carbocycles. The Morgan fingerprint density at radius 2 is 1.62 bits per heavy atom. The summed E-state index contributed by atoms with van der Waals surface area (Å²) in [4.78, 5) is 9.71. The van der Waals surface area contributed by atoms with Gasteiger partial charge in [-0.3, -0.25) is 0 Å². The fraction of sp³-hybridized carbons (Fsp3) is 0.188. The van der Waals surface area contributed by atoms with E-state index in [2.05, 4.69) is 12.1 Å². The minimum Gasteiger partial charge on any atom is -0.497 e. The minimum absolute atomic E-state index is 0.249. The summed E-state index contributed by atoms with van der Waals surface area (Å²) in [6, 6.07) is 23.8. The number of benzene rings is 3. The average molecular weight is 561 g/mol. The molecule has 0 fully saturated rings. The quantitative estimate of drug-likeness (QED) is 0.251. The van der Waals surface area contributed by atoms with Gasteiger partial charge in [-0.15, -0.1) is 5.10 Å². The summed E-state index contributed by atoms with van der Waals surface area (Å²) in [5, 5.41) is 9.68. The normalized spacial score (nSPS) is 13.8. The van der Waals surface area contributed by atoms with Crippen LogP contribution in [0.1, 0.15) is 39.7 Å². The van der Waals surface area contributed by atoms with Gasteiger partial charge < -0.3 is 18.9 Å². The van der Waals surface area contributed by atoms with E-state index in [1.807, 2.05) is 72.3 Å². The van der Waals surface area contributed by atoms with Gasteiger partial charge in [0.15, 0.2) is 23.0 Å². The first-order chi connectivity index (χ1) is 20.6. The Bertz CT molecular complexity index is 1910. The predicted molar refractivity (Wildman–Crippen MR) is 155 cm³/mol. The maximum Gasteiger partial charge on any atom is 0.230 e. The van der Waals surface area contributed by atoms with Crippen LogP contribution in [-0.2, 0) is 6.42 Å². The summed E-state index contributed by atoms with van der Waals surface area (Å²) in [5.74, 6) is 3.61. The van der Waals surface area contributed by atoms with Crippen molar-refractivity contribution in [3.05, 3.63) is 113 Å². The number of nitrogens with zero attached hydrogens (tertiary/aromatic N) is 6. The van der Waals surface area contributed by atoms with Crippen LogP contribution in [0.5, 0.6) is 29.0 Å². The molecule has 42 heavy (non-hydrogen) atoms. The Morgan fingerprint density at radius 3 is 2.36 bits per heavy atom. The van der Waals surface area contributed by atoms with E-state index in [-0.39, 0.29) is 5.92 Å². The fourth-order valence-electron chi connectivity index (χ4n) is 5.54. The van der Waals surface area contributed by atoms with Crippen molar-refractivity contribution in [2.24, 2.45) is 0 Å². The van der Waals surface area contributed by atoms with Gasteiger partial charge in [0.2, 0.25) is 11.8 Å². The van der Waals surface area contributed by atoms with Crippen LogP contribution in [0.3, 0.4) is 0 Å². The maximum atomic E-state index is 6.53. The number of para-hydroxylation sites is 1. The lowest BCUT2D eigenvalue weighted by Gasteiger charge is -2.26. The van der Waals surface area contributed by atoms with E-state index in [4.69, 9.17) is 39.1 Å². The highest BCUT2D eigenvalue weighted by Gasteiger charge is 2.38. The molecular formula is C32H28N6O4. The number of rotatable bonds is 7. The molecule has 3 aromatic heterocycles. The molecule has 210 valence electrons. The highest BCUT2D eigenvalue weighted by atomic mass is 16.5. The summed E-state index contributed by atoms with van der Waals surface area (Å²) < 4.78 is 26.4. The Morgan fingerprint density at radius 1 is 0.833 bits per heavy atom. The molecule has 7 rings (SSSR count). The molecule has 0 spiro atoms. The SMILES string of the molecule is COc1ccc(C2c3c(C)nn(-c4ccccc4)c3Oc3ncn4nc(Cc5ccc(OC)c(OC)c5)nc4c32)cc1. The monoisotopic (exact) mass is 560 g/mol. The molecule has 0 aliphatic carbocycles. The Balaban J connectivity index is 1.38. The highest BCUT2D eigenvalue weighted by molar-refractivity contribution is 5.66. The van der Waals surface area contributed by atoms with Crippen molar-refractivity contribution in [2.75, 3.05) is 21.3 Å². The lowest BCUT2D eigenvalue weighted by Crippen LogP contribution is -2.16. The molecule has 6 aromatic rings. The van der Waals surface area contributed by atoms with Gasteiger partial charge in [-0.1, -0.05) is 36.4 Å². The molecule has 4 heterocycles. The number of methoxy groups -OCH3 is 3. The summed E-state index contributed by atoms with van der Waals surface area (Å²) in [6.45, 7) is 2.00. The summed E-state index contributed by atoms with van der Waals surface area (Å²) in [5.41, 5.74) is 6.25. The second-order valence-corrected chi connectivity index (χ2v) is 9.99. The van der Waals surface area contributed by atoms with Crippen molar-refractivity contribution >= 4 is 5.65 Å². The second kappa shape index (κ2) is 10.2. The van der Waals surface area contributed by atoms with Gasteiger partial charge in [-0.25, -0.2) is 19.2 Å². The van der Waals surface area contributed by atoms with Crippen molar-refractivity contribution in [1.82, 2.24) is 29.4 Å².